The molecule has 2 fully saturated rings. The molecule has 2 aliphatic heterocycles. The van der Waals surface area contributed by atoms with Crippen molar-refractivity contribution in [2.75, 3.05) is 44.9 Å². The summed E-state index contributed by atoms with van der Waals surface area (Å²) in [5.74, 6) is 0.203. The normalized spacial score (nSPS) is 21.9. The van der Waals surface area contributed by atoms with Crippen molar-refractivity contribution in [1.29, 1.82) is 0 Å². The molecule has 3 heterocycles. The summed E-state index contributed by atoms with van der Waals surface area (Å²) in [4.78, 5) is 14.5. The van der Waals surface area contributed by atoms with Crippen LogP contribution in [0.5, 0.6) is 0 Å². The Labute approximate surface area is 149 Å². The Morgan fingerprint density at radius 2 is 2.12 bits per heavy atom. The van der Waals surface area contributed by atoms with Crippen LogP contribution in [-0.4, -0.2) is 55.8 Å². The number of aromatic nitrogens is 2. The fraction of sp³-hybridized carbons (Fsp3) is 0.778. The Hall–Kier alpha value is -1.60. The molecule has 2 saturated heterocycles. The third-order valence-corrected chi connectivity index (χ3v) is 4.92. The zero-order chi connectivity index (χ0) is 17.6. The second-order valence-corrected chi connectivity index (χ2v) is 6.82. The number of anilines is 1. The third-order valence-electron chi connectivity index (χ3n) is 4.92. The number of hydrogen-bond donors (Lipinski definition) is 0. The molecule has 0 saturated carbocycles. The zero-order valence-electron chi connectivity index (χ0n) is 15.3. The topological polar surface area (TPSA) is 65.8 Å². The lowest BCUT2D eigenvalue weighted by Gasteiger charge is -2.28. The van der Waals surface area contributed by atoms with E-state index in [9.17, 15) is 4.79 Å². The Balaban J connectivity index is 1.78. The fourth-order valence-electron chi connectivity index (χ4n) is 3.50. The lowest BCUT2D eigenvalue weighted by atomic mass is 10.00. The molecule has 7 nitrogen and oxygen atoms in total. The van der Waals surface area contributed by atoms with Gasteiger partial charge in [0.15, 0.2) is 5.69 Å². The predicted molar refractivity (Wildman–Crippen MR) is 93.8 cm³/mol. The molecule has 25 heavy (non-hydrogen) atoms. The highest BCUT2D eigenvalue weighted by Crippen LogP contribution is 2.28. The summed E-state index contributed by atoms with van der Waals surface area (Å²) in [5, 5.41) is 4.52. The molecule has 0 N–H and O–H groups in total. The first-order valence-corrected chi connectivity index (χ1v) is 9.35. The molecule has 140 valence electrons. The monoisotopic (exact) mass is 351 g/mol. The molecule has 3 rings (SSSR count). The van der Waals surface area contributed by atoms with E-state index in [2.05, 4.69) is 10.00 Å². The average molecular weight is 351 g/mol. The van der Waals surface area contributed by atoms with Gasteiger partial charge in [-0.15, -0.1) is 0 Å². The van der Waals surface area contributed by atoms with Gasteiger partial charge in [0, 0.05) is 33.4 Å². The van der Waals surface area contributed by atoms with Gasteiger partial charge >= 0.3 is 5.97 Å². The molecule has 0 bridgehead atoms. The van der Waals surface area contributed by atoms with E-state index in [-0.39, 0.29) is 12.2 Å². The number of rotatable bonds is 6. The lowest BCUT2D eigenvalue weighted by Crippen LogP contribution is -2.30. The van der Waals surface area contributed by atoms with E-state index in [1.54, 1.807) is 4.68 Å². The molecular weight excluding hydrogens is 322 g/mol. The first kappa shape index (κ1) is 18.2. The standard InChI is InChI=1S/C18H29N3O4/c1-3-24-18(22)17-15(20(2)12-14-7-10-23-11-8-14)13-21(19-17)16-6-4-5-9-25-16/h13-14,16H,3-12H2,1-2H3. The maximum atomic E-state index is 12.4. The molecule has 2 aliphatic rings. The Morgan fingerprint density at radius 3 is 2.80 bits per heavy atom. The van der Waals surface area contributed by atoms with Crippen molar-refractivity contribution in [3.63, 3.8) is 0 Å². The van der Waals surface area contributed by atoms with Gasteiger partial charge in [-0.05, 0) is 44.9 Å². The van der Waals surface area contributed by atoms with Crippen LogP contribution in [-0.2, 0) is 14.2 Å². The van der Waals surface area contributed by atoms with Gasteiger partial charge in [0.2, 0.25) is 0 Å². The fourth-order valence-corrected chi connectivity index (χ4v) is 3.50. The van der Waals surface area contributed by atoms with Crippen molar-refractivity contribution in [1.82, 2.24) is 9.78 Å². The van der Waals surface area contributed by atoms with Gasteiger partial charge in [-0.25, -0.2) is 9.48 Å². The van der Waals surface area contributed by atoms with Crippen LogP contribution in [0.25, 0.3) is 0 Å². The molecule has 1 aromatic rings. The highest BCUT2D eigenvalue weighted by atomic mass is 16.5. The SMILES string of the molecule is CCOC(=O)c1nn(C2CCCCO2)cc1N(C)CC1CCOCC1. The van der Waals surface area contributed by atoms with Gasteiger partial charge in [-0.3, -0.25) is 0 Å². The van der Waals surface area contributed by atoms with Crippen LogP contribution in [0.15, 0.2) is 6.20 Å². The summed E-state index contributed by atoms with van der Waals surface area (Å²) < 4.78 is 18.3. The van der Waals surface area contributed by atoms with Crippen LogP contribution in [0.2, 0.25) is 0 Å². The Morgan fingerprint density at radius 1 is 1.32 bits per heavy atom. The van der Waals surface area contributed by atoms with Gasteiger partial charge in [-0.1, -0.05) is 0 Å². The van der Waals surface area contributed by atoms with Crippen LogP contribution in [0.1, 0.15) is 55.7 Å². The van der Waals surface area contributed by atoms with E-state index in [0.29, 0.717) is 18.2 Å². The lowest BCUT2D eigenvalue weighted by molar-refractivity contribution is -0.0396. The van der Waals surface area contributed by atoms with E-state index >= 15 is 0 Å². The number of ether oxygens (including phenoxy) is 3. The zero-order valence-corrected chi connectivity index (χ0v) is 15.3. The molecule has 1 atom stereocenters. The van der Waals surface area contributed by atoms with Gasteiger partial charge in [0.05, 0.1) is 18.5 Å². The molecule has 7 heteroatoms. The minimum atomic E-state index is -0.370. The Kier molecular flexibility index (Phi) is 6.31. The molecule has 1 unspecified atom stereocenters. The minimum absolute atomic E-state index is 0.0906. The molecule has 0 aromatic carbocycles. The Bertz CT molecular complexity index is 563. The average Bonchev–Trinajstić information content (AvgIpc) is 3.09. The molecule has 0 radical (unpaired) electrons. The maximum Gasteiger partial charge on any atom is 0.361 e. The molecule has 0 amide bonds. The number of nitrogens with zero attached hydrogens (tertiary/aromatic N) is 3. The van der Waals surface area contributed by atoms with Crippen LogP contribution < -0.4 is 4.90 Å². The number of esters is 1. The van der Waals surface area contributed by atoms with Crippen LogP contribution >= 0.6 is 0 Å². The summed E-state index contributed by atoms with van der Waals surface area (Å²) in [7, 11) is 2.02. The molecule has 1 aromatic heterocycles. The van der Waals surface area contributed by atoms with Crippen LogP contribution in [0.4, 0.5) is 5.69 Å². The minimum Gasteiger partial charge on any atom is -0.461 e. The number of hydrogen-bond acceptors (Lipinski definition) is 6. The first-order chi connectivity index (χ1) is 12.2. The predicted octanol–water partition coefficient (Wildman–Crippen LogP) is 2.62. The van der Waals surface area contributed by atoms with E-state index in [4.69, 9.17) is 14.2 Å². The van der Waals surface area contributed by atoms with Crippen molar-refractivity contribution >= 4 is 11.7 Å². The smallest absolute Gasteiger partial charge is 0.361 e. The number of carbonyl (C=O) groups is 1. The molecule has 0 spiro atoms. The van der Waals surface area contributed by atoms with Crippen molar-refractivity contribution in [3.05, 3.63) is 11.9 Å². The van der Waals surface area contributed by atoms with Crippen molar-refractivity contribution in [2.45, 2.75) is 45.3 Å². The molecular formula is C18H29N3O4. The highest BCUT2D eigenvalue weighted by molar-refractivity contribution is 5.93. The van der Waals surface area contributed by atoms with E-state index in [1.165, 1.54) is 0 Å². The second-order valence-electron chi connectivity index (χ2n) is 6.82. The van der Waals surface area contributed by atoms with E-state index < -0.39 is 0 Å². The summed E-state index contributed by atoms with van der Waals surface area (Å²) >= 11 is 0. The van der Waals surface area contributed by atoms with Gasteiger partial charge < -0.3 is 19.1 Å². The summed E-state index contributed by atoms with van der Waals surface area (Å²) in [6.45, 7) is 5.41. The summed E-state index contributed by atoms with van der Waals surface area (Å²) in [6.07, 6.45) is 7.07. The summed E-state index contributed by atoms with van der Waals surface area (Å²) in [5.41, 5.74) is 1.20. The maximum absolute atomic E-state index is 12.4. The number of carbonyl (C=O) groups excluding carboxylic acids is 1. The third kappa shape index (κ3) is 4.52. The van der Waals surface area contributed by atoms with Gasteiger partial charge in [0.25, 0.3) is 0 Å². The van der Waals surface area contributed by atoms with Crippen LogP contribution in [0.3, 0.4) is 0 Å². The largest absolute Gasteiger partial charge is 0.461 e. The van der Waals surface area contributed by atoms with Crippen molar-refractivity contribution in [3.8, 4) is 0 Å². The highest BCUT2D eigenvalue weighted by Gasteiger charge is 2.26. The quantitative estimate of drug-likeness (QED) is 0.734. The van der Waals surface area contributed by atoms with E-state index in [1.807, 2.05) is 20.2 Å². The van der Waals surface area contributed by atoms with Gasteiger partial charge in [-0.2, -0.15) is 5.10 Å². The van der Waals surface area contributed by atoms with Crippen molar-refractivity contribution in [2.24, 2.45) is 5.92 Å². The second kappa shape index (κ2) is 8.67. The van der Waals surface area contributed by atoms with Crippen LogP contribution in [0, 0.1) is 5.92 Å². The first-order valence-electron chi connectivity index (χ1n) is 9.35. The van der Waals surface area contributed by atoms with Crippen molar-refractivity contribution < 1.29 is 19.0 Å². The molecule has 0 aliphatic carbocycles. The summed E-state index contributed by atoms with van der Waals surface area (Å²) in [6, 6.07) is 0. The van der Waals surface area contributed by atoms with E-state index in [0.717, 1.165) is 64.2 Å². The van der Waals surface area contributed by atoms with Gasteiger partial charge in [0.1, 0.15) is 6.23 Å².